The first-order valence-corrected chi connectivity index (χ1v) is 7.56. The third-order valence-corrected chi connectivity index (χ3v) is 4.12. The highest BCUT2D eigenvalue weighted by Crippen LogP contribution is 2.20. The van der Waals surface area contributed by atoms with E-state index in [2.05, 4.69) is 21.2 Å². The average molecular weight is 348 g/mol. The Bertz CT molecular complexity index is 623. The predicted molar refractivity (Wildman–Crippen MR) is 89.3 cm³/mol. The third-order valence-electron chi connectivity index (χ3n) is 3.27. The summed E-state index contributed by atoms with van der Waals surface area (Å²) in [6.07, 6.45) is 0.456. The molecule has 0 atom stereocenters. The molecule has 0 amide bonds. The van der Waals surface area contributed by atoms with Crippen LogP contribution < -0.4 is 10.1 Å². The summed E-state index contributed by atoms with van der Waals surface area (Å²) in [5.74, 6) is 0.880. The van der Waals surface area contributed by atoms with Crippen LogP contribution in [0.2, 0.25) is 0 Å². The number of benzene rings is 2. The van der Waals surface area contributed by atoms with Gasteiger partial charge in [0.1, 0.15) is 5.75 Å². The maximum Gasteiger partial charge on any atom is 0.164 e. The SMILES string of the molecule is COc1ccc(C(=O)CCNc2ccc(C)c(Br)c2)cc1. The number of methoxy groups -OCH3 is 1. The molecule has 0 bridgehead atoms. The van der Waals surface area contributed by atoms with Crippen molar-refractivity contribution in [3.63, 3.8) is 0 Å². The lowest BCUT2D eigenvalue weighted by Gasteiger charge is -2.08. The lowest BCUT2D eigenvalue weighted by molar-refractivity contribution is 0.0986. The van der Waals surface area contributed by atoms with Crippen LogP contribution in [0.4, 0.5) is 5.69 Å². The van der Waals surface area contributed by atoms with Gasteiger partial charge >= 0.3 is 0 Å². The molecule has 0 spiro atoms. The lowest BCUT2D eigenvalue weighted by atomic mass is 10.1. The fourth-order valence-electron chi connectivity index (χ4n) is 1.94. The molecule has 0 aliphatic carbocycles. The second-order valence-electron chi connectivity index (χ2n) is 4.79. The summed E-state index contributed by atoms with van der Waals surface area (Å²) >= 11 is 3.50. The summed E-state index contributed by atoms with van der Waals surface area (Å²) in [7, 11) is 1.61. The Labute approximate surface area is 133 Å². The van der Waals surface area contributed by atoms with Crippen molar-refractivity contribution in [1.29, 1.82) is 0 Å². The number of carbonyl (C=O) groups is 1. The minimum Gasteiger partial charge on any atom is -0.497 e. The average Bonchev–Trinajstić information content (AvgIpc) is 2.51. The molecule has 0 aromatic heterocycles. The monoisotopic (exact) mass is 347 g/mol. The Balaban J connectivity index is 1.87. The first-order valence-electron chi connectivity index (χ1n) is 6.77. The van der Waals surface area contributed by atoms with Crippen molar-refractivity contribution in [3.05, 3.63) is 58.1 Å². The number of halogens is 1. The van der Waals surface area contributed by atoms with E-state index in [9.17, 15) is 4.79 Å². The molecule has 0 aliphatic heterocycles. The maximum absolute atomic E-state index is 12.1. The van der Waals surface area contributed by atoms with Crippen LogP contribution in [0, 0.1) is 6.92 Å². The zero-order valence-electron chi connectivity index (χ0n) is 12.2. The molecule has 2 aromatic rings. The minimum atomic E-state index is 0.122. The van der Waals surface area contributed by atoms with Gasteiger partial charge in [0.2, 0.25) is 0 Å². The van der Waals surface area contributed by atoms with Gasteiger partial charge in [0, 0.05) is 28.7 Å². The quantitative estimate of drug-likeness (QED) is 0.784. The fraction of sp³-hybridized carbons (Fsp3) is 0.235. The second kappa shape index (κ2) is 7.27. The minimum absolute atomic E-state index is 0.122. The van der Waals surface area contributed by atoms with Crippen molar-refractivity contribution < 1.29 is 9.53 Å². The van der Waals surface area contributed by atoms with E-state index in [1.54, 1.807) is 31.4 Å². The van der Waals surface area contributed by atoms with E-state index < -0.39 is 0 Å². The van der Waals surface area contributed by atoms with E-state index in [4.69, 9.17) is 4.74 Å². The van der Waals surface area contributed by atoms with Gasteiger partial charge in [-0.15, -0.1) is 0 Å². The van der Waals surface area contributed by atoms with Crippen molar-refractivity contribution in [1.82, 2.24) is 0 Å². The van der Waals surface area contributed by atoms with Crippen LogP contribution in [0.15, 0.2) is 46.9 Å². The second-order valence-corrected chi connectivity index (χ2v) is 5.65. The zero-order valence-corrected chi connectivity index (χ0v) is 13.7. The van der Waals surface area contributed by atoms with E-state index >= 15 is 0 Å². The molecule has 0 saturated heterocycles. The van der Waals surface area contributed by atoms with E-state index in [0.717, 1.165) is 15.9 Å². The summed E-state index contributed by atoms with van der Waals surface area (Å²) < 4.78 is 6.14. The first kappa shape index (κ1) is 15.6. The number of nitrogens with one attached hydrogen (secondary N) is 1. The van der Waals surface area contributed by atoms with Gasteiger partial charge in [-0.2, -0.15) is 0 Å². The van der Waals surface area contributed by atoms with Crippen LogP contribution in [-0.4, -0.2) is 19.4 Å². The van der Waals surface area contributed by atoms with Gasteiger partial charge in [0.15, 0.2) is 5.78 Å². The van der Waals surface area contributed by atoms with Crippen molar-refractivity contribution in [3.8, 4) is 5.75 Å². The molecule has 0 radical (unpaired) electrons. The van der Waals surface area contributed by atoms with Crippen LogP contribution in [-0.2, 0) is 0 Å². The van der Waals surface area contributed by atoms with E-state index in [1.807, 2.05) is 25.1 Å². The molecule has 3 nitrogen and oxygen atoms in total. The number of carbonyl (C=O) groups excluding carboxylic acids is 1. The molecular weight excluding hydrogens is 330 g/mol. The molecule has 0 heterocycles. The molecule has 1 N–H and O–H groups in total. The number of ether oxygens (including phenoxy) is 1. The molecular formula is C17H18BrNO2. The van der Waals surface area contributed by atoms with Crippen molar-refractivity contribution >= 4 is 27.4 Å². The summed E-state index contributed by atoms with van der Waals surface area (Å²) in [4.78, 5) is 12.1. The number of hydrogen-bond acceptors (Lipinski definition) is 3. The number of aryl methyl sites for hydroxylation is 1. The van der Waals surface area contributed by atoms with Crippen LogP contribution in [0.5, 0.6) is 5.75 Å². The normalized spacial score (nSPS) is 10.2. The highest BCUT2D eigenvalue weighted by atomic mass is 79.9. The Morgan fingerprint density at radius 3 is 2.52 bits per heavy atom. The Kier molecular flexibility index (Phi) is 5.39. The van der Waals surface area contributed by atoms with Crippen LogP contribution >= 0.6 is 15.9 Å². The van der Waals surface area contributed by atoms with Gasteiger partial charge < -0.3 is 10.1 Å². The number of Topliss-reactive ketones (excluding diaryl/α,β-unsaturated/α-hetero) is 1. The van der Waals surface area contributed by atoms with Gasteiger partial charge in [0.25, 0.3) is 0 Å². The molecule has 0 fully saturated rings. The summed E-state index contributed by atoms with van der Waals surface area (Å²) in [6.45, 7) is 2.65. The third kappa shape index (κ3) is 4.33. The van der Waals surface area contributed by atoms with Crippen LogP contribution in [0.25, 0.3) is 0 Å². The summed E-state index contributed by atoms with van der Waals surface area (Å²) in [6, 6.07) is 13.3. The van der Waals surface area contributed by atoms with Crippen molar-refractivity contribution in [2.45, 2.75) is 13.3 Å². The Hall–Kier alpha value is -1.81. The fourth-order valence-corrected chi connectivity index (χ4v) is 2.32. The standard InChI is InChI=1S/C17H18BrNO2/c1-12-3-6-14(11-16(12)18)19-10-9-17(20)13-4-7-15(21-2)8-5-13/h3-8,11,19H,9-10H2,1-2H3. The molecule has 2 rings (SSSR count). The first-order chi connectivity index (χ1) is 10.1. The molecule has 2 aromatic carbocycles. The number of anilines is 1. The molecule has 0 saturated carbocycles. The maximum atomic E-state index is 12.1. The smallest absolute Gasteiger partial charge is 0.164 e. The van der Waals surface area contributed by atoms with Crippen molar-refractivity contribution in [2.24, 2.45) is 0 Å². The lowest BCUT2D eigenvalue weighted by Crippen LogP contribution is -2.09. The largest absolute Gasteiger partial charge is 0.497 e. The predicted octanol–water partition coefficient (Wildman–Crippen LogP) is 4.45. The number of ketones is 1. The van der Waals surface area contributed by atoms with E-state index in [-0.39, 0.29) is 5.78 Å². The van der Waals surface area contributed by atoms with Gasteiger partial charge in [-0.25, -0.2) is 0 Å². The number of hydrogen-bond donors (Lipinski definition) is 1. The van der Waals surface area contributed by atoms with Crippen LogP contribution in [0.3, 0.4) is 0 Å². The molecule has 4 heteroatoms. The van der Waals surface area contributed by atoms with Gasteiger partial charge in [-0.3, -0.25) is 4.79 Å². The van der Waals surface area contributed by atoms with Gasteiger partial charge in [0.05, 0.1) is 7.11 Å². The molecule has 0 aliphatic rings. The molecule has 0 unspecified atom stereocenters. The molecule has 21 heavy (non-hydrogen) atoms. The topological polar surface area (TPSA) is 38.3 Å². The van der Waals surface area contributed by atoms with Crippen molar-refractivity contribution in [2.75, 3.05) is 19.0 Å². The van der Waals surface area contributed by atoms with E-state index in [0.29, 0.717) is 18.5 Å². The van der Waals surface area contributed by atoms with E-state index in [1.165, 1.54) is 5.56 Å². The van der Waals surface area contributed by atoms with Crippen LogP contribution in [0.1, 0.15) is 22.3 Å². The van der Waals surface area contributed by atoms with Gasteiger partial charge in [-0.1, -0.05) is 22.0 Å². The van der Waals surface area contributed by atoms with Gasteiger partial charge in [-0.05, 0) is 48.9 Å². The highest BCUT2D eigenvalue weighted by Gasteiger charge is 2.06. The summed E-state index contributed by atoms with van der Waals surface area (Å²) in [5.41, 5.74) is 2.91. The zero-order chi connectivity index (χ0) is 15.2. The molecule has 110 valence electrons. The highest BCUT2D eigenvalue weighted by molar-refractivity contribution is 9.10. The number of rotatable bonds is 6. The summed E-state index contributed by atoms with van der Waals surface area (Å²) in [5, 5.41) is 3.26. The Morgan fingerprint density at radius 1 is 1.19 bits per heavy atom. The Morgan fingerprint density at radius 2 is 1.90 bits per heavy atom.